The molecule has 1 rings (SSSR count). The summed E-state index contributed by atoms with van der Waals surface area (Å²) in [6.45, 7) is 9.03. The zero-order chi connectivity index (χ0) is 14.0. The van der Waals surface area contributed by atoms with Crippen molar-refractivity contribution in [2.45, 2.75) is 63.9 Å². The predicted molar refractivity (Wildman–Crippen MR) is 73.5 cm³/mol. The van der Waals surface area contributed by atoms with Crippen LogP contribution in [0.1, 0.15) is 47.5 Å². The minimum absolute atomic E-state index is 0.0663. The molecule has 0 saturated carbocycles. The van der Waals surface area contributed by atoms with E-state index in [1.54, 1.807) is 18.7 Å². The molecule has 104 valence electrons. The molecule has 2 atom stereocenters. The molecular weight excluding hydrogens is 250 g/mol. The van der Waals surface area contributed by atoms with E-state index in [2.05, 4.69) is 5.32 Å². The summed E-state index contributed by atoms with van der Waals surface area (Å²) in [5.41, 5.74) is -0.526. The van der Waals surface area contributed by atoms with Crippen molar-refractivity contribution in [3.63, 3.8) is 0 Å². The average Bonchev–Trinajstić information content (AvgIpc) is 2.63. The maximum absolute atomic E-state index is 12.1. The topological polar surface area (TPSA) is 55.4 Å². The number of carbonyl (C=O) groups is 2. The summed E-state index contributed by atoms with van der Waals surface area (Å²) in [7, 11) is 0. The van der Waals surface area contributed by atoms with Gasteiger partial charge in [-0.2, -0.15) is 0 Å². The van der Waals surface area contributed by atoms with Crippen molar-refractivity contribution in [3.8, 4) is 0 Å². The molecule has 0 aliphatic carbocycles. The van der Waals surface area contributed by atoms with Gasteiger partial charge in [-0.15, -0.1) is 11.8 Å². The van der Waals surface area contributed by atoms with E-state index in [1.807, 2.05) is 27.7 Å². The Labute approximate surface area is 113 Å². The van der Waals surface area contributed by atoms with Crippen molar-refractivity contribution in [1.82, 2.24) is 5.32 Å². The van der Waals surface area contributed by atoms with Crippen LogP contribution in [-0.2, 0) is 14.3 Å². The summed E-state index contributed by atoms with van der Waals surface area (Å²) in [5, 5.41) is 2.75. The van der Waals surface area contributed by atoms with Crippen LogP contribution in [0.2, 0.25) is 0 Å². The Balaban J connectivity index is 2.51. The standard InChI is InChI=1S/C13H23NO3S/c1-9(10(15)17-12(2,3)4)14-11(16)13(5)7-6-8-18-13/h9H,6-8H2,1-5H3,(H,14,16)/t9-,13?/m0/s1. The van der Waals surface area contributed by atoms with Gasteiger partial charge in [-0.1, -0.05) is 0 Å². The van der Waals surface area contributed by atoms with E-state index in [1.165, 1.54) is 0 Å². The second kappa shape index (κ2) is 5.51. The third-order valence-electron chi connectivity index (χ3n) is 2.81. The summed E-state index contributed by atoms with van der Waals surface area (Å²) < 4.78 is 4.84. The number of ether oxygens (including phenoxy) is 1. The minimum atomic E-state index is -0.602. The van der Waals surface area contributed by atoms with E-state index in [0.29, 0.717) is 0 Å². The molecule has 0 bridgehead atoms. The van der Waals surface area contributed by atoms with Gasteiger partial charge >= 0.3 is 5.97 Å². The summed E-state index contributed by atoms with van der Waals surface area (Å²) in [6, 6.07) is -0.602. The zero-order valence-corrected chi connectivity index (χ0v) is 12.6. The van der Waals surface area contributed by atoms with Crippen LogP contribution in [0.5, 0.6) is 0 Å². The van der Waals surface area contributed by atoms with Crippen LogP contribution in [0.15, 0.2) is 0 Å². The number of thioether (sulfide) groups is 1. The molecule has 4 nitrogen and oxygen atoms in total. The maximum atomic E-state index is 12.1. The molecule has 18 heavy (non-hydrogen) atoms. The first-order valence-corrected chi connectivity index (χ1v) is 7.30. The van der Waals surface area contributed by atoms with E-state index in [-0.39, 0.29) is 11.9 Å². The quantitative estimate of drug-likeness (QED) is 0.800. The van der Waals surface area contributed by atoms with Gasteiger partial charge in [0.05, 0.1) is 4.75 Å². The number of esters is 1. The molecule has 5 heteroatoms. The third-order valence-corrected chi connectivity index (χ3v) is 4.33. The Kier molecular flexibility index (Phi) is 4.70. The molecule has 0 spiro atoms. The van der Waals surface area contributed by atoms with Crippen LogP contribution in [0.4, 0.5) is 0 Å². The monoisotopic (exact) mass is 273 g/mol. The fraction of sp³-hybridized carbons (Fsp3) is 0.846. The lowest BCUT2D eigenvalue weighted by Gasteiger charge is -2.26. The van der Waals surface area contributed by atoms with Gasteiger partial charge in [0.15, 0.2) is 0 Å². The first-order valence-electron chi connectivity index (χ1n) is 6.32. The zero-order valence-electron chi connectivity index (χ0n) is 11.8. The lowest BCUT2D eigenvalue weighted by atomic mass is 10.0. The van der Waals surface area contributed by atoms with Gasteiger partial charge < -0.3 is 10.1 Å². The van der Waals surface area contributed by atoms with Crippen molar-refractivity contribution in [3.05, 3.63) is 0 Å². The van der Waals surface area contributed by atoms with Crippen LogP contribution >= 0.6 is 11.8 Å². The minimum Gasteiger partial charge on any atom is -0.458 e. The first kappa shape index (κ1) is 15.3. The fourth-order valence-electron chi connectivity index (χ4n) is 1.76. The van der Waals surface area contributed by atoms with Gasteiger partial charge in [-0.05, 0) is 53.2 Å². The summed E-state index contributed by atoms with van der Waals surface area (Å²) in [4.78, 5) is 23.9. The Bertz CT molecular complexity index is 330. The van der Waals surface area contributed by atoms with Gasteiger partial charge in [0.1, 0.15) is 11.6 Å². The van der Waals surface area contributed by atoms with Crippen molar-refractivity contribution in [2.75, 3.05) is 5.75 Å². The van der Waals surface area contributed by atoms with E-state index in [0.717, 1.165) is 18.6 Å². The Morgan fingerprint density at radius 1 is 1.39 bits per heavy atom. The molecular formula is C13H23NO3S. The molecule has 0 radical (unpaired) electrons. The maximum Gasteiger partial charge on any atom is 0.328 e. The number of carbonyl (C=O) groups excluding carboxylic acids is 2. The average molecular weight is 273 g/mol. The highest BCUT2D eigenvalue weighted by molar-refractivity contribution is 8.01. The molecule has 1 N–H and O–H groups in total. The molecule has 1 saturated heterocycles. The molecule has 1 unspecified atom stereocenters. The van der Waals surface area contributed by atoms with Crippen molar-refractivity contribution >= 4 is 23.6 Å². The van der Waals surface area contributed by atoms with Gasteiger partial charge in [-0.3, -0.25) is 4.79 Å². The van der Waals surface area contributed by atoms with E-state index >= 15 is 0 Å². The second-order valence-corrected chi connectivity index (χ2v) is 7.51. The van der Waals surface area contributed by atoms with E-state index in [9.17, 15) is 9.59 Å². The van der Waals surface area contributed by atoms with Crippen molar-refractivity contribution in [1.29, 1.82) is 0 Å². The molecule has 1 heterocycles. The highest BCUT2D eigenvalue weighted by Crippen LogP contribution is 2.37. The number of hydrogen-bond donors (Lipinski definition) is 1. The molecule has 1 aliphatic heterocycles. The number of rotatable bonds is 3. The van der Waals surface area contributed by atoms with E-state index in [4.69, 9.17) is 4.74 Å². The van der Waals surface area contributed by atoms with Crippen LogP contribution < -0.4 is 5.32 Å². The Morgan fingerprint density at radius 2 is 2.00 bits per heavy atom. The lowest BCUT2D eigenvalue weighted by Crippen LogP contribution is -2.48. The molecule has 1 amide bonds. The summed E-state index contributed by atoms with van der Waals surface area (Å²) in [5.74, 6) is 0.552. The summed E-state index contributed by atoms with van der Waals surface area (Å²) >= 11 is 1.66. The highest BCUT2D eigenvalue weighted by atomic mass is 32.2. The lowest BCUT2D eigenvalue weighted by molar-refractivity contribution is -0.158. The predicted octanol–water partition coefficient (Wildman–Crippen LogP) is 2.12. The Morgan fingerprint density at radius 3 is 2.44 bits per heavy atom. The van der Waals surface area contributed by atoms with Gasteiger partial charge in [0, 0.05) is 0 Å². The van der Waals surface area contributed by atoms with Crippen molar-refractivity contribution in [2.24, 2.45) is 0 Å². The Hall–Kier alpha value is -0.710. The third kappa shape index (κ3) is 4.19. The summed E-state index contributed by atoms with van der Waals surface area (Å²) in [6.07, 6.45) is 1.92. The SMILES string of the molecule is C[C@H](NC(=O)C1(C)CCCS1)C(=O)OC(C)(C)C. The van der Waals surface area contributed by atoms with Gasteiger partial charge in [0.25, 0.3) is 0 Å². The van der Waals surface area contributed by atoms with Gasteiger partial charge in [-0.25, -0.2) is 4.79 Å². The van der Waals surface area contributed by atoms with Crippen LogP contribution in [0.25, 0.3) is 0 Å². The van der Waals surface area contributed by atoms with Crippen LogP contribution in [-0.4, -0.2) is 34.0 Å². The number of nitrogens with one attached hydrogen (secondary N) is 1. The van der Waals surface area contributed by atoms with Gasteiger partial charge in [0.2, 0.25) is 5.91 Å². The fourth-order valence-corrected chi connectivity index (χ4v) is 2.97. The number of amides is 1. The smallest absolute Gasteiger partial charge is 0.328 e. The van der Waals surface area contributed by atoms with Crippen molar-refractivity contribution < 1.29 is 14.3 Å². The molecule has 0 aromatic rings. The molecule has 1 aliphatic rings. The first-order chi connectivity index (χ1) is 8.14. The highest BCUT2D eigenvalue weighted by Gasteiger charge is 2.38. The van der Waals surface area contributed by atoms with E-state index < -0.39 is 16.4 Å². The number of hydrogen-bond acceptors (Lipinski definition) is 4. The molecule has 0 aromatic carbocycles. The largest absolute Gasteiger partial charge is 0.458 e. The molecule has 1 fully saturated rings. The van der Waals surface area contributed by atoms with Crippen LogP contribution in [0.3, 0.4) is 0 Å². The van der Waals surface area contributed by atoms with Crippen LogP contribution in [0, 0.1) is 0 Å². The second-order valence-electron chi connectivity index (χ2n) is 5.91. The molecule has 0 aromatic heterocycles. The normalized spacial score (nSPS) is 25.6.